The van der Waals surface area contributed by atoms with Crippen molar-refractivity contribution in [2.24, 2.45) is 5.92 Å². The topological polar surface area (TPSA) is 63.3 Å². The number of piperidine rings is 1. The maximum absolute atomic E-state index is 12.5. The molecule has 0 atom stereocenters. The van der Waals surface area contributed by atoms with Crippen LogP contribution in [-0.4, -0.2) is 28.5 Å². The number of hydrogen-bond donors (Lipinski definition) is 1. The number of amides is 1. The third-order valence-corrected chi connectivity index (χ3v) is 5.54. The van der Waals surface area contributed by atoms with Gasteiger partial charge in [-0.15, -0.1) is 0 Å². The second kappa shape index (κ2) is 8.50. The highest BCUT2D eigenvalue weighted by Crippen LogP contribution is 2.27. The Labute approximate surface area is 165 Å². The second-order valence-electron chi connectivity index (χ2n) is 7.46. The van der Waals surface area contributed by atoms with Crippen molar-refractivity contribution in [1.82, 2.24) is 14.9 Å². The molecule has 3 heterocycles. The first kappa shape index (κ1) is 18.6. The van der Waals surface area contributed by atoms with Crippen molar-refractivity contribution in [1.29, 1.82) is 0 Å². The molecule has 0 bridgehead atoms. The van der Waals surface area contributed by atoms with Gasteiger partial charge in [0, 0.05) is 25.6 Å². The summed E-state index contributed by atoms with van der Waals surface area (Å²) in [5, 5.41) is 3.00. The standard InChI is InChI=1S/C22H28N4O2/c1-2-3-12-26-20-9-5-4-8-19(20)24-22(26)25-13-10-17(11-14-25)21(27)23-16-18-7-6-15-28-18/h4-9,15,17H,2-3,10-14,16H2,1H3,(H,23,27). The maximum Gasteiger partial charge on any atom is 0.223 e. The van der Waals surface area contributed by atoms with Crippen LogP contribution in [0.3, 0.4) is 0 Å². The van der Waals surface area contributed by atoms with Crippen molar-refractivity contribution >= 4 is 22.9 Å². The molecule has 0 radical (unpaired) electrons. The van der Waals surface area contributed by atoms with E-state index in [2.05, 4.69) is 39.9 Å². The number of unbranched alkanes of at least 4 members (excludes halogenated alkanes) is 1. The van der Waals surface area contributed by atoms with Gasteiger partial charge in [0.25, 0.3) is 0 Å². The third kappa shape index (κ3) is 3.91. The van der Waals surface area contributed by atoms with Crippen LogP contribution >= 0.6 is 0 Å². The van der Waals surface area contributed by atoms with E-state index >= 15 is 0 Å². The smallest absolute Gasteiger partial charge is 0.223 e. The molecule has 28 heavy (non-hydrogen) atoms. The lowest BCUT2D eigenvalue weighted by Gasteiger charge is -2.32. The number of benzene rings is 1. The zero-order valence-electron chi connectivity index (χ0n) is 16.4. The predicted octanol–water partition coefficient (Wildman–Crippen LogP) is 3.96. The Morgan fingerprint density at radius 1 is 1.21 bits per heavy atom. The van der Waals surface area contributed by atoms with Gasteiger partial charge in [-0.3, -0.25) is 4.79 Å². The van der Waals surface area contributed by atoms with E-state index in [1.807, 2.05) is 18.2 Å². The fourth-order valence-electron chi connectivity index (χ4n) is 3.91. The molecule has 1 saturated heterocycles. The van der Waals surface area contributed by atoms with Crippen LogP contribution < -0.4 is 10.2 Å². The summed E-state index contributed by atoms with van der Waals surface area (Å²) < 4.78 is 7.63. The number of nitrogens with one attached hydrogen (secondary N) is 1. The van der Waals surface area contributed by atoms with Crippen molar-refractivity contribution in [2.75, 3.05) is 18.0 Å². The molecular formula is C22H28N4O2. The number of carbonyl (C=O) groups excluding carboxylic acids is 1. The lowest BCUT2D eigenvalue weighted by Crippen LogP contribution is -2.41. The average molecular weight is 380 g/mol. The minimum absolute atomic E-state index is 0.0553. The Morgan fingerprint density at radius 2 is 2.04 bits per heavy atom. The quantitative estimate of drug-likeness (QED) is 0.674. The van der Waals surface area contributed by atoms with E-state index < -0.39 is 0 Å². The van der Waals surface area contributed by atoms with Gasteiger partial charge in [-0.05, 0) is 43.5 Å². The number of nitrogens with zero attached hydrogens (tertiary/aromatic N) is 3. The lowest BCUT2D eigenvalue weighted by molar-refractivity contribution is -0.125. The summed E-state index contributed by atoms with van der Waals surface area (Å²) in [6, 6.07) is 12.1. The number of aromatic nitrogens is 2. The first-order valence-corrected chi connectivity index (χ1v) is 10.3. The highest BCUT2D eigenvalue weighted by atomic mass is 16.3. The van der Waals surface area contributed by atoms with Crippen LogP contribution in [0.25, 0.3) is 11.0 Å². The van der Waals surface area contributed by atoms with Gasteiger partial charge in [0.1, 0.15) is 5.76 Å². The number of carbonyl (C=O) groups is 1. The Balaban J connectivity index is 1.41. The number of imidazole rings is 1. The summed E-state index contributed by atoms with van der Waals surface area (Å²) in [4.78, 5) is 19.7. The van der Waals surface area contributed by atoms with Crippen LogP contribution in [0.5, 0.6) is 0 Å². The zero-order valence-corrected chi connectivity index (χ0v) is 16.4. The molecule has 1 aliphatic rings. The summed E-state index contributed by atoms with van der Waals surface area (Å²) in [5.74, 6) is 2.01. The van der Waals surface area contributed by atoms with Gasteiger partial charge in [-0.25, -0.2) is 4.98 Å². The third-order valence-electron chi connectivity index (χ3n) is 5.54. The number of fused-ring (bicyclic) bond motifs is 1. The monoisotopic (exact) mass is 380 g/mol. The van der Waals surface area contributed by atoms with Gasteiger partial charge >= 0.3 is 0 Å². The summed E-state index contributed by atoms with van der Waals surface area (Å²) in [5.41, 5.74) is 2.25. The molecule has 1 aromatic carbocycles. The highest BCUT2D eigenvalue weighted by Gasteiger charge is 2.27. The molecule has 0 saturated carbocycles. The molecule has 1 fully saturated rings. The molecule has 4 rings (SSSR count). The molecule has 6 heteroatoms. The second-order valence-corrected chi connectivity index (χ2v) is 7.46. The van der Waals surface area contributed by atoms with Crippen LogP contribution in [0.1, 0.15) is 38.4 Å². The molecule has 1 aliphatic heterocycles. The fraction of sp³-hybridized carbons (Fsp3) is 0.455. The van der Waals surface area contributed by atoms with E-state index in [0.717, 1.165) is 62.5 Å². The number of para-hydroxylation sites is 2. The molecular weight excluding hydrogens is 352 g/mol. The van der Waals surface area contributed by atoms with Crippen molar-refractivity contribution in [2.45, 2.75) is 45.7 Å². The number of furan rings is 1. The summed E-state index contributed by atoms with van der Waals surface area (Å²) in [7, 11) is 0. The minimum atomic E-state index is 0.0553. The van der Waals surface area contributed by atoms with E-state index in [9.17, 15) is 4.79 Å². The average Bonchev–Trinajstić information content (AvgIpc) is 3.38. The summed E-state index contributed by atoms with van der Waals surface area (Å²) >= 11 is 0. The number of aryl methyl sites for hydroxylation is 1. The van der Waals surface area contributed by atoms with Gasteiger partial charge in [0.15, 0.2) is 0 Å². The van der Waals surface area contributed by atoms with Crippen LogP contribution in [0.15, 0.2) is 47.1 Å². The normalized spacial score (nSPS) is 15.2. The Hall–Kier alpha value is -2.76. The Bertz CT molecular complexity index is 908. The first-order valence-electron chi connectivity index (χ1n) is 10.3. The fourth-order valence-corrected chi connectivity index (χ4v) is 3.91. The molecule has 6 nitrogen and oxygen atoms in total. The van der Waals surface area contributed by atoms with Crippen LogP contribution in [0.4, 0.5) is 5.95 Å². The lowest BCUT2D eigenvalue weighted by atomic mass is 9.96. The van der Waals surface area contributed by atoms with Gasteiger partial charge < -0.3 is 19.2 Å². The number of rotatable bonds is 7. The minimum Gasteiger partial charge on any atom is -0.467 e. The number of anilines is 1. The van der Waals surface area contributed by atoms with Gasteiger partial charge in [-0.2, -0.15) is 0 Å². The highest BCUT2D eigenvalue weighted by molar-refractivity contribution is 5.80. The van der Waals surface area contributed by atoms with Crippen molar-refractivity contribution in [3.8, 4) is 0 Å². The Kier molecular flexibility index (Phi) is 5.65. The molecule has 0 spiro atoms. The van der Waals surface area contributed by atoms with Crippen LogP contribution in [0, 0.1) is 5.92 Å². The molecule has 3 aromatic rings. The van der Waals surface area contributed by atoms with E-state index in [1.165, 1.54) is 5.52 Å². The van der Waals surface area contributed by atoms with E-state index in [4.69, 9.17) is 9.40 Å². The van der Waals surface area contributed by atoms with Crippen molar-refractivity contribution in [3.63, 3.8) is 0 Å². The Morgan fingerprint density at radius 3 is 2.79 bits per heavy atom. The van der Waals surface area contributed by atoms with Crippen LogP contribution in [-0.2, 0) is 17.9 Å². The maximum atomic E-state index is 12.5. The first-order chi connectivity index (χ1) is 13.8. The SMILES string of the molecule is CCCCn1c(N2CCC(C(=O)NCc3ccco3)CC2)nc2ccccc21. The zero-order chi connectivity index (χ0) is 19.3. The van der Waals surface area contributed by atoms with Crippen LogP contribution in [0.2, 0.25) is 0 Å². The molecule has 1 N–H and O–H groups in total. The molecule has 0 aliphatic carbocycles. The molecule has 2 aromatic heterocycles. The molecule has 0 unspecified atom stereocenters. The summed E-state index contributed by atoms with van der Waals surface area (Å²) in [6.07, 6.45) is 5.62. The summed E-state index contributed by atoms with van der Waals surface area (Å²) in [6.45, 7) is 5.36. The van der Waals surface area contributed by atoms with Gasteiger partial charge in [-0.1, -0.05) is 25.5 Å². The van der Waals surface area contributed by atoms with E-state index in [0.29, 0.717) is 6.54 Å². The van der Waals surface area contributed by atoms with E-state index in [1.54, 1.807) is 6.26 Å². The molecule has 148 valence electrons. The van der Waals surface area contributed by atoms with Crippen molar-refractivity contribution in [3.05, 3.63) is 48.4 Å². The number of hydrogen-bond acceptors (Lipinski definition) is 4. The van der Waals surface area contributed by atoms with Gasteiger partial charge in [0.05, 0.1) is 23.8 Å². The van der Waals surface area contributed by atoms with Gasteiger partial charge in [0.2, 0.25) is 11.9 Å². The van der Waals surface area contributed by atoms with Crippen molar-refractivity contribution < 1.29 is 9.21 Å². The molecule has 1 amide bonds. The van der Waals surface area contributed by atoms with E-state index in [-0.39, 0.29) is 11.8 Å². The largest absolute Gasteiger partial charge is 0.467 e. The predicted molar refractivity (Wildman–Crippen MR) is 110 cm³/mol.